The third-order valence-electron chi connectivity index (χ3n) is 3.71. The number of amides is 1. The van der Waals surface area contributed by atoms with Crippen LogP contribution in [0.15, 0.2) is 18.5 Å². The molecular weight excluding hydrogens is 252 g/mol. The van der Waals surface area contributed by atoms with Gasteiger partial charge in [-0.3, -0.25) is 4.79 Å². The van der Waals surface area contributed by atoms with Gasteiger partial charge in [0.1, 0.15) is 0 Å². The highest BCUT2D eigenvalue weighted by atomic mass is 16.1. The van der Waals surface area contributed by atoms with E-state index >= 15 is 0 Å². The maximum Gasteiger partial charge on any atom is 0.225 e. The van der Waals surface area contributed by atoms with Crippen molar-refractivity contribution in [3.8, 4) is 0 Å². The van der Waals surface area contributed by atoms with Crippen molar-refractivity contribution >= 4 is 11.9 Å². The summed E-state index contributed by atoms with van der Waals surface area (Å²) in [5, 5.41) is 3.05. The molecule has 0 aliphatic carbocycles. The minimum absolute atomic E-state index is 0.0641. The van der Waals surface area contributed by atoms with Crippen molar-refractivity contribution < 1.29 is 4.79 Å². The van der Waals surface area contributed by atoms with Crippen LogP contribution in [0.5, 0.6) is 0 Å². The van der Waals surface area contributed by atoms with Crippen LogP contribution in [0.25, 0.3) is 0 Å². The topological polar surface area (TPSA) is 58.1 Å². The van der Waals surface area contributed by atoms with Gasteiger partial charge >= 0.3 is 0 Å². The summed E-state index contributed by atoms with van der Waals surface area (Å²) in [6, 6.07) is 1.81. The number of nitrogens with zero attached hydrogens (tertiary/aromatic N) is 3. The summed E-state index contributed by atoms with van der Waals surface area (Å²) in [5.41, 5.74) is 0. The lowest BCUT2D eigenvalue weighted by atomic mass is 9.97. The third-order valence-corrected chi connectivity index (χ3v) is 3.71. The molecule has 2 heterocycles. The lowest BCUT2D eigenvalue weighted by Crippen LogP contribution is -2.43. The smallest absolute Gasteiger partial charge is 0.225 e. The van der Waals surface area contributed by atoms with Gasteiger partial charge in [0, 0.05) is 32.0 Å². The van der Waals surface area contributed by atoms with Gasteiger partial charge in [-0.15, -0.1) is 0 Å². The van der Waals surface area contributed by atoms with Gasteiger partial charge in [-0.05, 0) is 25.3 Å². The quantitative estimate of drug-likeness (QED) is 0.807. The third kappa shape index (κ3) is 4.18. The number of aromatic nitrogens is 2. The molecule has 0 aromatic carbocycles. The molecular formula is C15H24N4O. The molecule has 0 spiro atoms. The summed E-state index contributed by atoms with van der Waals surface area (Å²) >= 11 is 0. The van der Waals surface area contributed by atoms with Crippen LogP contribution < -0.4 is 10.2 Å². The monoisotopic (exact) mass is 276 g/mol. The zero-order valence-corrected chi connectivity index (χ0v) is 12.2. The second-order valence-electron chi connectivity index (χ2n) is 5.33. The first-order valence-corrected chi connectivity index (χ1v) is 7.61. The standard InChI is InChI=1S/C15H24N4O/c1-2-3-4-8-16-14(20)13-7-5-11-19(12-13)15-17-9-6-10-18-15/h6,9-10,13H,2-5,7-8,11-12H2,1H3,(H,16,20). The van der Waals surface area contributed by atoms with Crippen molar-refractivity contribution in [3.63, 3.8) is 0 Å². The summed E-state index contributed by atoms with van der Waals surface area (Å²) in [4.78, 5) is 22.8. The van der Waals surface area contributed by atoms with E-state index in [2.05, 4.69) is 27.1 Å². The fourth-order valence-corrected chi connectivity index (χ4v) is 2.56. The molecule has 5 heteroatoms. The van der Waals surface area contributed by atoms with Crippen LogP contribution in [-0.4, -0.2) is 35.5 Å². The Bertz CT molecular complexity index is 410. The van der Waals surface area contributed by atoms with E-state index in [9.17, 15) is 4.79 Å². The fourth-order valence-electron chi connectivity index (χ4n) is 2.56. The highest BCUT2D eigenvalue weighted by molar-refractivity contribution is 5.79. The van der Waals surface area contributed by atoms with Crippen LogP contribution in [0.1, 0.15) is 39.0 Å². The van der Waals surface area contributed by atoms with E-state index < -0.39 is 0 Å². The summed E-state index contributed by atoms with van der Waals surface area (Å²) in [5.74, 6) is 0.979. The molecule has 1 amide bonds. The van der Waals surface area contributed by atoms with Crippen LogP contribution in [0.4, 0.5) is 5.95 Å². The number of rotatable bonds is 6. The predicted octanol–water partition coefficient (Wildman–Crippen LogP) is 2.00. The van der Waals surface area contributed by atoms with E-state index in [4.69, 9.17) is 0 Å². The normalized spacial score (nSPS) is 18.9. The number of piperidine rings is 1. The molecule has 1 unspecified atom stereocenters. The lowest BCUT2D eigenvalue weighted by molar-refractivity contribution is -0.125. The van der Waals surface area contributed by atoms with Crippen LogP contribution in [0.3, 0.4) is 0 Å². The minimum Gasteiger partial charge on any atom is -0.356 e. The Morgan fingerprint density at radius 3 is 2.95 bits per heavy atom. The molecule has 1 aliphatic rings. The van der Waals surface area contributed by atoms with Crippen molar-refractivity contribution in [2.24, 2.45) is 5.92 Å². The number of hydrogen-bond acceptors (Lipinski definition) is 4. The molecule has 20 heavy (non-hydrogen) atoms. The second kappa shape index (κ2) is 7.82. The molecule has 0 radical (unpaired) electrons. The molecule has 2 rings (SSSR count). The number of hydrogen-bond donors (Lipinski definition) is 1. The van der Waals surface area contributed by atoms with Gasteiger partial charge in [0.2, 0.25) is 11.9 Å². The summed E-state index contributed by atoms with van der Waals surface area (Å²) in [6.45, 7) is 4.62. The van der Waals surface area contributed by atoms with Gasteiger partial charge in [-0.2, -0.15) is 0 Å². The Labute approximate surface area is 120 Å². The molecule has 110 valence electrons. The van der Waals surface area contributed by atoms with E-state index in [1.165, 1.54) is 12.8 Å². The lowest BCUT2D eigenvalue weighted by Gasteiger charge is -2.31. The molecule has 0 saturated carbocycles. The summed E-state index contributed by atoms with van der Waals surface area (Å²) in [6.07, 6.45) is 8.90. The maximum absolute atomic E-state index is 12.2. The number of carbonyl (C=O) groups is 1. The minimum atomic E-state index is 0.0641. The zero-order chi connectivity index (χ0) is 14.2. The maximum atomic E-state index is 12.2. The molecule has 1 aromatic rings. The molecule has 1 aliphatic heterocycles. The van der Waals surface area contributed by atoms with Crippen LogP contribution in [0.2, 0.25) is 0 Å². The van der Waals surface area contributed by atoms with E-state index in [0.29, 0.717) is 0 Å². The van der Waals surface area contributed by atoms with Gasteiger partial charge < -0.3 is 10.2 Å². The average Bonchev–Trinajstić information content (AvgIpc) is 2.52. The molecule has 1 saturated heterocycles. The van der Waals surface area contributed by atoms with Crippen molar-refractivity contribution in [1.82, 2.24) is 15.3 Å². The SMILES string of the molecule is CCCCCNC(=O)C1CCCN(c2ncccn2)C1. The average molecular weight is 276 g/mol. The first kappa shape index (κ1) is 14.8. The molecule has 0 bridgehead atoms. The van der Waals surface area contributed by atoms with Gasteiger partial charge in [0.25, 0.3) is 0 Å². The van der Waals surface area contributed by atoms with Crippen molar-refractivity contribution in [2.45, 2.75) is 39.0 Å². The number of anilines is 1. The van der Waals surface area contributed by atoms with Crippen molar-refractivity contribution in [3.05, 3.63) is 18.5 Å². The summed E-state index contributed by atoms with van der Waals surface area (Å²) < 4.78 is 0. The highest BCUT2D eigenvalue weighted by Crippen LogP contribution is 2.19. The Morgan fingerprint density at radius 1 is 1.40 bits per heavy atom. The zero-order valence-electron chi connectivity index (χ0n) is 12.2. The summed E-state index contributed by atoms with van der Waals surface area (Å²) in [7, 11) is 0. The Hall–Kier alpha value is -1.65. The Morgan fingerprint density at radius 2 is 2.20 bits per heavy atom. The van der Waals surface area contributed by atoms with Crippen molar-refractivity contribution in [2.75, 3.05) is 24.5 Å². The van der Waals surface area contributed by atoms with E-state index in [1.807, 2.05) is 6.07 Å². The van der Waals surface area contributed by atoms with Crippen LogP contribution in [-0.2, 0) is 4.79 Å². The largest absolute Gasteiger partial charge is 0.356 e. The Balaban J connectivity index is 1.82. The van der Waals surface area contributed by atoms with Gasteiger partial charge in [0.05, 0.1) is 5.92 Å². The van der Waals surface area contributed by atoms with Gasteiger partial charge in [-0.1, -0.05) is 19.8 Å². The number of nitrogens with one attached hydrogen (secondary N) is 1. The first-order chi connectivity index (χ1) is 9.81. The molecule has 1 atom stereocenters. The van der Waals surface area contributed by atoms with Gasteiger partial charge in [-0.25, -0.2) is 9.97 Å². The predicted molar refractivity (Wildman–Crippen MR) is 79.5 cm³/mol. The van der Waals surface area contributed by atoms with Crippen LogP contribution >= 0.6 is 0 Å². The molecule has 5 nitrogen and oxygen atoms in total. The number of unbranched alkanes of at least 4 members (excludes halogenated alkanes) is 2. The molecule has 1 N–H and O–H groups in total. The number of carbonyl (C=O) groups excluding carboxylic acids is 1. The second-order valence-corrected chi connectivity index (χ2v) is 5.33. The van der Waals surface area contributed by atoms with E-state index in [-0.39, 0.29) is 11.8 Å². The Kier molecular flexibility index (Phi) is 5.77. The van der Waals surface area contributed by atoms with E-state index in [0.717, 1.165) is 44.8 Å². The first-order valence-electron chi connectivity index (χ1n) is 7.61. The molecule has 1 aromatic heterocycles. The fraction of sp³-hybridized carbons (Fsp3) is 0.667. The van der Waals surface area contributed by atoms with Gasteiger partial charge in [0.15, 0.2) is 0 Å². The molecule has 1 fully saturated rings. The van der Waals surface area contributed by atoms with Crippen LogP contribution in [0, 0.1) is 5.92 Å². The van der Waals surface area contributed by atoms with E-state index in [1.54, 1.807) is 12.4 Å². The highest BCUT2D eigenvalue weighted by Gasteiger charge is 2.26. The van der Waals surface area contributed by atoms with Crippen molar-refractivity contribution in [1.29, 1.82) is 0 Å².